The van der Waals surface area contributed by atoms with Gasteiger partial charge in [-0.25, -0.2) is 9.79 Å². The highest BCUT2D eigenvalue weighted by Crippen LogP contribution is 2.40. The Bertz CT molecular complexity index is 588. The molecular weight excluding hydrogens is 278 g/mol. The first-order valence-electron chi connectivity index (χ1n) is 7.54. The summed E-state index contributed by atoms with van der Waals surface area (Å²) in [7, 11) is 1.57. The molecule has 120 valence electrons. The molecule has 1 heterocycles. The quantitative estimate of drug-likeness (QED) is 0.787. The van der Waals surface area contributed by atoms with Crippen LogP contribution in [0.1, 0.15) is 40.2 Å². The zero-order valence-corrected chi connectivity index (χ0v) is 14.3. The van der Waals surface area contributed by atoms with E-state index < -0.39 is 11.1 Å². The van der Waals surface area contributed by atoms with Crippen molar-refractivity contribution in [2.24, 2.45) is 10.4 Å². The van der Waals surface area contributed by atoms with Crippen molar-refractivity contribution in [2.45, 2.75) is 52.2 Å². The van der Waals surface area contributed by atoms with Crippen LogP contribution in [0.5, 0.6) is 0 Å². The van der Waals surface area contributed by atoms with Gasteiger partial charge in [0.2, 0.25) is 5.90 Å². The number of ether oxygens (including phenoxy) is 2. The Hall–Kier alpha value is -1.84. The number of cyclic esters (lactones) is 1. The molecule has 0 unspecified atom stereocenters. The maximum atomic E-state index is 12.7. The molecule has 0 aliphatic carbocycles. The molecule has 1 aliphatic rings. The number of nitrogens with zero attached hydrogens (tertiary/aromatic N) is 1. The average Bonchev–Trinajstić information content (AvgIpc) is 2.43. The molecule has 0 N–H and O–H groups in total. The fraction of sp³-hybridized carbons (Fsp3) is 0.556. The van der Waals surface area contributed by atoms with Gasteiger partial charge in [-0.15, -0.1) is 0 Å². The molecule has 0 spiro atoms. The summed E-state index contributed by atoms with van der Waals surface area (Å²) in [6, 6.07) is 9.82. The molecule has 1 aliphatic heterocycles. The smallest absolute Gasteiger partial charge is 0.335 e. The molecule has 0 aromatic heterocycles. The number of carbonyl (C=O) groups excluding carboxylic acids is 1. The number of methoxy groups -OCH3 is 1. The van der Waals surface area contributed by atoms with Gasteiger partial charge in [-0.3, -0.25) is 0 Å². The summed E-state index contributed by atoms with van der Waals surface area (Å²) in [5, 5.41) is 0. The summed E-state index contributed by atoms with van der Waals surface area (Å²) in [5.41, 5.74) is -1.10. The van der Waals surface area contributed by atoms with Gasteiger partial charge in [0.15, 0.2) is 11.1 Å². The van der Waals surface area contributed by atoms with Gasteiger partial charge in [0.1, 0.15) is 0 Å². The highest BCUT2D eigenvalue weighted by atomic mass is 16.6. The van der Waals surface area contributed by atoms with Crippen LogP contribution in [-0.2, 0) is 20.7 Å². The molecule has 0 radical (unpaired) electrons. The number of hydrogen-bond acceptors (Lipinski definition) is 4. The SMILES string of the molecule is COC1=N[C@@](C)(Cc2ccccc2)C(=O)O[C@@]1(C)C(C)(C)C. The first-order chi connectivity index (χ1) is 10.1. The maximum Gasteiger partial charge on any atom is 0.335 e. The summed E-state index contributed by atoms with van der Waals surface area (Å²) in [4.78, 5) is 17.3. The van der Waals surface area contributed by atoms with Gasteiger partial charge in [0, 0.05) is 11.8 Å². The lowest BCUT2D eigenvalue weighted by molar-refractivity contribution is -0.171. The van der Waals surface area contributed by atoms with Crippen LogP contribution >= 0.6 is 0 Å². The Morgan fingerprint density at radius 1 is 1.18 bits per heavy atom. The molecule has 1 aromatic carbocycles. The van der Waals surface area contributed by atoms with E-state index in [0.717, 1.165) is 5.56 Å². The minimum Gasteiger partial charge on any atom is -0.481 e. The fourth-order valence-corrected chi connectivity index (χ4v) is 2.53. The first-order valence-corrected chi connectivity index (χ1v) is 7.54. The molecule has 2 rings (SSSR count). The lowest BCUT2D eigenvalue weighted by Gasteiger charge is -2.45. The second kappa shape index (κ2) is 5.41. The summed E-state index contributed by atoms with van der Waals surface area (Å²) in [6.45, 7) is 9.68. The van der Waals surface area contributed by atoms with Crippen molar-refractivity contribution in [2.75, 3.05) is 7.11 Å². The van der Waals surface area contributed by atoms with Crippen LogP contribution in [0.15, 0.2) is 35.3 Å². The predicted octanol–water partition coefficient (Wildman–Crippen LogP) is 3.39. The highest BCUT2D eigenvalue weighted by molar-refractivity contribution is 5.96. The first kappa shape index (κ1) is 16.5. The Balaban J connectivity index is 2.43. The van der Waals surface area contributed by atoms with Crippen LogP contribution in [0.25, 0.3) is 0 Å². The van der Waals surface area contributed by atoms with Crippen molar-refractivity contribution < 1.29 is 14.3 Å². The number of hydrogen-bond donors (Lipinski definition) is 0. The maximum absolute atomic E-state index is 12.7. The Morgan fingerprint density at radius 3 is 2.27 bits per heavy atom. The molecule has 22 heavy (non-hydrogen) atoms. The van der Waals surface area contributed by atoms with Gasteiger partial charge in [-0.05, 0) is 19.4 Å². The molecular formula is C18H25NO3. The second-order valence-corrected chi connectivity index (χ2v) is 7.23. The van der Waals surface area contributed by atoms with Crippen molar-refractivity contribution in [3.05, 3.63) is 35.9 Å². The molecule has 4 heteroatoms. The molecule has 0 amide bonds. The summed E-state index contributed by atoms with van der Waals surface area (Å²) < 4.78 is 11.3. The van der Waals surface area contributed by atoms with E-state index in [1.165, 1.54) is 0 Å². The summed E-state index contributed by atoms with van der Waals surface area (Å²) in [5.74, 6) is 0.160. The van der Waals surface area contributed by atoms with Gasteiger partial charge in [-0.1, -0.05) is 51.1 Å². The van der Waals surface area contributed by atoms with Crippen molar-refractivity contribution in [1.82, 2.24) is 0 Å². The zero-order valence-electron chi connectivity index (χ0n) is 14.3. The van der Waals surface area contributed by atoms with Crippen LogP contribution < -0.4 is 0 Å². The molecule has 0 saturated heterocycles. The number of aliphatic imine (C=N–C) groups is 1. The van der Waals surface area contributed by atoms with E-state index >= 15 is 0 Å². The molecule has 0 saturated carbocycles. The van der Waals surface area contributed by atoms with Gasteiger partial charge in [0.25, 0.3) is 0 Å². The van der Waals surface area contributed by atoms with Crippen molar-refractivity contribution in [1.29, 1.82) is 0 Å². The van der Waals surface area contributed by atoms with Crippen LogP contribution in [0.3, 0.4) is 0 Å². The van der Waals surface area contributed by atoms with Crippen LogP contribution in [-0.4, -0.2) is 30.1 Å². The van der Waals surface area contributed by atoms with Crippen LogP contribution in [0.4, 0.5) is 0 Å². The van der Waals surface area contributed by atoms with Gasteiger partial charge >= 0.3 is 5.97 Å². The molecule has 0 bridgehead atoms. The summed E-state index contributed by atoms with van der Waals surface area (Å²) in [6.07, 6.45) is 0.486. The van der Waals surface area contributed by atoms with Gasteiger partial charge < -0.3 is 9.47 Å². The largest absolute Gasteiger partial charge is 0.481 e. The molecule has 0 fully saturated rings. The zero-order chi connectivity index (χ0) is 16.6. The van der Waals surface area contributed by atoms with Gasteiger partial charge in [0.05, 0.1) is 7.11 Å². The number of esters is 1. The van der Waals surface area contributed by atoms with E-state index in [4.69, 9.17) is 9.47 Å². The second-order valence-electron chi connectivity index (χ2n) is 7.23. The molecule has 4 nitrogen and oxygen atoms in total. The van der Waals surface area contributed by atoms with E-state index in [1.807, 2.05) is 58.0 Å². The van der Waals surface area contributed by atoms with Crippen molar-refractivity contribution in [3.8, 4) is 0 Å². The Morgan fingerprint density at radius 2 is 1.77 bits per heavy atom. The molecule has 2 atom stereocenters. The third-order valence-corrected chi connectivity index (χ3v) is 4.51. The van der Waals surface area contributed by atoms with Crippen molar-refractivity contribution >= 4 is 11.9 Å². The minimum absolute atomic E-state index is 0.311. The monoisotopic (exact) mass is 303 g/mol. The topological polar surface area (TPSA) is 47.9 Å². The Kier molecular flexibility index (Phi) is 4.07. The third kappa shape index (κ3) is 2.74. The van der Waals surface area contributed by atoms with Crippen molar-refractivity contribution in [3.63, 3.8) is 0 Å². The number of rotatable bonds is 2. The number of benzene rings is 1. The van der Waals surface area contributed by atoms with E-state index in [0.29, 0.717) is 12.3 Å². The van der Waals surface area contributed by atoms with Crippen LogP contribution in [0, 0.1) is 5.41 Å². The van der Waals surface area contributed by atoms with E-state index in [1.54, 1.807) is 14.0 Å². The summed E-state index contributed by atoms with van der Waals surface area (Å²) >= 11 is 0. The minimum atomic E-state index is -0.961. The normalized spacial score (nSPS) is 28.8. The lowest BCUT2D eigenvalue weighted by atomic mass is 9.75. The third-order valence-electron chi connectivity index (χ3n) is 4.51. The number of carbonyl (C=O) groups is 1. The average molecular weight is 303 g/mol. The Labute approximate surface area is 132 Å². The highest BCUT2D eigenvalue weighted by Gasteiger charge is 2.54. The standard InChI is InChI=1S/C18H25NO3/c1-16(2,3)18(5)14(21-6)19-17(4,15(20)22-18)12-13-10-8-7-9-11-13/h7-11H,12H2,1-6H3/t17-,18+/m0/s1. The molecule has 1 aromatic rings. The van der Waals surface area contributed by atoms with E-state index in [-0.39, 0.29) is 11.4 Å². The van der Waals surface area contributed by atoms with E-state index in [2.05, 4.69) is 4.99 Å². The lowest BCUT2D eigenvalue weighted by Crippen LogP contribution is -2.59. The van der Waals surface area contributed by atoms with Gasteiger partial charge in [-0.2, -0.15) is 0 Å². The van der Waals surface area contributed by atoms with Crippen LogP contribution in [0.2, 0.25) is 0 Å². The fourth-order valence-electron chi connectivity index (χ4n) is 2.53. The predicted molar refractivity (Wildman–Crippen MR) is 86.9 cm³/mol. The van der Waals surface area contributed by atoms with E-state index in [9.17, 15) is 4.79 Å².